The van der Waals surface area contributed by atoms with Crippen LogP contribution in [-0.4, -0.2) is 52.3 Å². The molecule has 0 atom stereocenters. The van der Waals surface area contributed by atoms with Crippen molar-refractivity contribution in [3.05, 3.63) is 48.5 Å². The number of carbonyl (C=O) groups is 1. The van der Waals surface area contributed by atoms with Crippen LogP contribution in [0, 0.1) is 0 Å². The van der Waals surface area contributed by atoms with Crippen LogP contribution in [0.15, 0.2) is 48.5 Å². The minimum atomic E-state index is 0.0467. The number of methoxy groups -OCH3 is 1. The van der Waals surface area contributed by atoms with Gasteiger partial charge in [0.1, 0.15) is 11.5 Å². The molecule has 0 spiro atoms. The second-order valence-electron chi connectivity index (χ2n) is 7.36. The third-order valence-corrected chi connectivity index (χ3v) is 5.21. The van der Waals surface area contributed by atoms with Gasteiger partial charge in [0.2, 0.25) is 0 Å². The number of rotatable bonds is 9. The molecule has 1 saturated heterocycles. The zero-order valence-electron chi connectivity index (χ0n) is 17.4. The molecule has 6 heteroatoms. The van der Waals surface area contributed by atoms with Crippen LogP contribution >= 0.6 is 0 Å². The average Bonchev–Trinajstić information content (AvgIpc) is 2.75. The highest BCUT2D eigenvalue weighted by atomic mass is 16.5. The summed E-state index contributed by atoms with van der Waals surface area (Å²) in [7, 11) is 1.70. The van der Waals surface area contributed by atoms with Gasteiger partial charge in [-0.25, -0.2) is 0 Å². The zero-order valence-corrected chi connectivity index (χ0v) is 17.4. The number of amides is 1. The molecule has 0 saturated carbocycles. The van der Waals surface area contributed by atoms with Gasteiger partial charge in [-0.05, 0) is 42.8 Å². The van der Waals surface area contributed by atoms with Gasteiger partial charge >= 0.3 is 0 Å². The first kappa shape index (κ1) is 21.0. The van der Waals surface area contributed by atoms with Crippen molar-refractivity contribution in [3.8, 4) is 11.5 Å². The molecule has 1 aliphatic rings. The van der Waals surface area contributed by atoms with Crippen LogP contribution in [0.25, 0.3) is 0 Å². The molecule has 1 heterocycles. The lowest BCUT2D eigenvalue weighted by Crippen LogP contribution is -3.15. The summed E-state index contributed by atoms with van der Waals surface area (Å²) < 4.78 is 11.1. The molecule has 0 radical (unpaired) electrons. The molecule has 6 nitrogen and oxygen atoms in total. The monoisotopic (exact) mass is 398 g/mol. The number of hydrogen-bond donors (Lipinski definition) is 2. The Kier molecular flexibility index (Phi) is 7.76. The lowest BCUT2D eigenvalue weighted by Gasteiger charge is -2.34. The molecule has 2 aromatic carbocycles. The number of ether oxygens (including phenoxy) is 2. The quantitative estimate of drug-likeness (QED) is 0.636. The summed E-state index contributed by atoms with van der Waals surface area (Å²) in [5.74, 6) is 1.79. The standard InChI is InChI=1S/C23H31N3O3/c1-3-4-17-29-20-11-9-19(10-12-20)24-23(27)18-25-13-15-26(16-14-25)21-7-5-6-8-22(21)28-2/h5-12H,3-4,13-18H2,1-2H3,(H,24,27)/p+1. The summed E-state index contributed by atoms with van der Waals surface area (Å²) in [5, 5.41) is 3.00. The van der Waals surface area contributed by atoms with Crippen molar-refractivity contribution in [2.24, 2.45) is 0 Å². The molecule has 0 bridgehead atoms. The molecule has 2 N–H and O–H groups in total. The Bertz CT molecular complexity index is 771. The van der Waals surface area contributed by atoms with E-state index in [1.807, 2.05) is 42.5 Å². The van der Waals surface area contributed by atoms with Crippen molar-refractivity contribution in [2.75, 3.05) is 56.7 Å². The SMILES string of the molecule is CCCCOc1ccc(NC(=O)C[NH+]2CCN(c3ccccc3OC)CC2)cc1. The Morgan fingerprint density at radius 3 is 2.52 bits per heavy atom. The smallest absolute Gasteiger partial charge is 0.279 e. The predicted octanol–water partition coefficient (Wildman–Crippen LogP) is 2.22. The molecule has 0 aliphatic carbocycles. The van der Waals surface area contributed by atoms with E-state index in [0.717, 1.165) is 68.5 Å². The number of benzene rings is 2. The predicted molar refractivity (Wildman–Crippen MR) is 116 cm³/mol. The summed E-state index contributed by atoms with van der Waals surface area (Å²) in [5.41, 5.74) is 1.93. The molecule has 3 rings (SSSR count). The van der Waals surface area contributed by atoms with Gasteiger partial charge in [0.05, 0.1) is 45.6 Å². The second-order valence-corrected chi connectivity index (χ2v) is 7.36. The molecule has 29 heavy (non-hydrogen) atoms. The summed E-state index contributed by atoms with van der Waals surface area (Å²) >= 11 is 0. The zero-order chi connectivity index (χ0) is 20.5. The number of quaternary nitrogens is 1. The molecule has 1 amide bonds. The summed E-state index contributed by atoms with van der Waals surface area (Å²) in [6.45, 7) is 7.02. The largest absolute Gasteiger partial charge is 0.495 e. The van der Waals surface area contributed by atoms with E-state index in [1.54, 1.807) is 7.11 Å². The van der Waals surface area contributed by atoms with E-state index in [4.69, 9.17) is 9.47 Å². The van der Waals surface area contributed by atoms with Crippen molar-refractivity contribution >= 4 is 17.3 Å². The summed E-state index contributed by atoms with van der Waals surface area (Å²) in [6, 6.07) is 15.7. The maximum atomic E-state index is 12.4. The highest BCUT2D eigenvalue weighted by Gasteiger charge is 2.23. The van der Waals surface area contributed by atoms with Gasteiger partial charge in [-0.15, -0.1) is 0 Å². The molecular formula is C23H32N3O3+. The first-order valence-electron chi connectivity index (χ1n) is 10.4. The first-order chi connectivity index (χ1) is 14.2. The van der Waals surface area contributed by atoms with E-state index < -0.39 is 0 Å². The molecule has 2 aromatic rings. The van der Waals surface area contributed by atoms with Crippen LogP contribution in [0.5, 0.6) is 11.5 Å². The minimum absolute atomic E-state index is 0.0467. The molecular weight excluding hydrogens is 366 g/mol. The average molecular weight is 399 g/mol. The number of carbonyl (C=O) groups excluding carboxylic acids is 1. The third kappa shape index (κ3) is 6.12. The third-order valence-electron chi connectivity index (χ3n) is 5.21. The van der Waals surface area contributed by atoms with Gasteiger partial charge in [0, 0.05) is 5.69 Å². The number of anilines is 2. The van der Waals surface area contributed by atoms with Gasteiger partial charge < -0.3 is 24.6 Å². The van der Waals surface area contributed by atoms with Gasteiger partial charge in [-0.2, -0.15) is 0 Å². The van der Waals surface area contributed by atoms with Crippen LogP contribution in [0.1, 0.15) is 19.8 Å². The Labute approximate surface area is 173 Å². The molecule has 0 aromatic heterocycles. The van der Waals surface area contributed by atoms with Crippen molar-refractivity contribution < 1.29 is 19.2 Å². The lowest BCUT2D eigenvalue weighted by atomic mass is 10.2. The summed E-state index contributed by atoms with van der Waals surface area (Å²) in [6.07, 6.45) is 2.16. The maximum absolute atomic E-state index is 12.4. The second kappa shape index (κ2) is 10.7. The molecule has 0 unspecified atom stereocenters. The fourth-order valence-electron chi connectivity index (χ4n) is 3.53. The maximum Gasteiger partial charge on any atom is 0.279 e. The Morgan fingerprint density at radius 1 is 1.10 bits per heavy atom. The van der Waals surface area contributed by atoms with Crippen LogP contribution in [0.3, 0.4) is 0 Å². The van der Waals surface area contributed by atoms with Gasteiger partial charge in [0.25, 0.3) is 5.91 Å². The van der Waals surface area contributed by atoms with Crippen molar-refractivity contribution in [1.82, 2.24) is 0 Å². The Balaban J connectivity index is 1.44. The number of para-hydroxylation sites is 2. The van der Waals surface area contributed by atoms with Crippen molar-refractivity contribution in [1.29, 1.82) is 0 Å². The highest BCUT2D eigenvalue weighted by Crippen LogP contribution is 2.27. The fourth-order valence-corrected chi connectivity index (χ4v) is 3.53. The Morgan fingerprint density at radius 2 is 1.83 bits per heavy atom. The van der Waals surface area contributed by atoms with Crippen LogP contribution in [0.2, 0.25) is 0 Å². The van der Waals surface area contributed by atoms with E-state index in [9.17, 15) is 4.79 Å². The molecule has 156 valence electrons. The van der Waals surface area contributed by atoms with E-state index in [0.29, 0.717) is 6.54 Å². The fraction of sp³-hybridized carbons (Fsp3) is 0.435. The van der Waals surface area contributed by atoms with Crippen LogP contribution in [0.4, 0.5) is 11.4 Å². The molecule has 1 fully saturated rings. The number of unbranched alkanes of at least 4 members (excludes halogenated alkanes) is 1. The first-order valence-corrected chi connectivity index (χ1v) is 10.4. The van der Waals surface area contributed by atoms with Crippen molar-refractivity contribution in [3.63, 3.8) is 0 Å². The lowest BCUT2D eigenvalue weighted by molar-refractivity contribution is -0.892. The van der Waals surface area contributed by atoms with E-state index >= 15 is 0 Å². The topological polar surface area (TPSA) is 55.2 Å². The van der Waals surface area contributed by atoms with E-state index in [2.05, 4.69) is 23.2 Å². The highest BCUT2D eigenvalue weighted by molar-refractivity contribution is 5.91. The van der Waals surface area contributed by atoms with Gasteiger partial charge in [-0.3, -0.25) is 4.79 Å². The van der Waals surface area contributed by atoms with Gasteiger partial charge in [0.15, 0.2) is 6.54 Å². The van der Waals surface area contributed by atoms with Gasteiger partial charge in [-0.1, -0.05) is 25.5 Å². The van der Waals surface area contributed by atoms with Crippen LogP contribution in [-0.2, 0) is 4.79 Å². The number of nitrogens with zero attached hydrogens (tertiary/aromatic N) is 1. The molecule has 1 aliphatic heterocycles. The Hall–Kier alpha value is -2.73. The minimum Gasteiger partial charge on any atom is -0.495 e. The van der Waals surface area contributed by atoms with E-state index in [-0.39, 0.29) is 5.91 Å². The number of piperazine rings is 1. The van der Waals surface area contributed by atoms with Crippen molar-refractivity contribution in [2.45, 2.75) is 19.8 Å². The summed E-state index contributed by atoms with van der Waals surface area (Å²) in [4.78, 5) is 16.1. The normalized spacial score (nSPS) is 14.5. The number of hydrogen-bond acceptors (Lipinski definition) is 4. The number of nitrogens with one attached hydrogen (secondary N) is 2. The van der Waals surface area contributed by atoms with Crippen LogP contribution < -0.4 is 24.6 Å². The van der Waals surface area contributed by atoms with E-state index in [1.165, 1.54) is 4.90 Å².